The Morgan fingerprint density at radius 3 is 2.76 bits per heavy atom. The molecule has 1 aliphatic heterocycles. The van der Waals surface area contributed by atoms with Crippen LogP contribution in [0.15, 0.2) is 24.3 Å². The van der Waals surface area contributed by atoms with Crippen LogP contribution < -0.4 is 10.2 Å². The van der Waals surface area contributed by atoms with Crippen molar-refractivity contribution < 1.29 is 4.79 Å². The third-order valence-electron chi connectivity index (χ3n) is 2.95. The fourth-order valence-corrected chi connectivity index (χ4v) is 2.05. The molecule has 3 nitrogen and oxygen atoms in total. The molecular weight excluding hydrogens is 236 g/mol. The molecule has 0 radical (unpaired) electrons. The van der Waals surface area contributed by atoms with Crippen LogP contribution in [0.25, 0.3) is 0 Å². The Hall–Kier alpha value is -1.22. The van der Waals surface area contributed by atoms with Gasteiger partial charge in [-0.2, -0.15) is 0 Å². The maximum atomic E-state index is 11.5. The van der Waals surface area contributed by atoms with Crippen LogP contribution >= 0.6 is 11.6 Å². The summed E-state index contributed by atoms with van der Waals surface area (Å²) in [6.45, 7) is 3.87. The second-order valence-corrected chi connectivity index (χ2v) is 5.00. The average molecular weight is 253 g/mol. The van der Waals surface area contributed by atoms with Gasteiger partial charge in [0.15, 0.2) is 0 Å². The van der Waals surface area contributed by atoms with Crippen LogP contribution in [0.3, 0.4) is 0 Å². The van der Waals surface area contributed by atoms with E-state index in [1.807, 2.05) is 18.2 Å². The number of amides is 1. The van der Waals surface area contributed by atoms with E-state index < -0.39 is 5.38 Å². The minimum atomic E-state index is -0.509. The van der Waals surface area contributed by atoms with Crippen LogP contribution in [0.4, 0.5) is 11.4 Å². The van der Waals surface area contributed by atoms with E-state index in [2.05, 4.69) is 16.3 Å². The quantitative estimate of drug-likeness (QED) is 0.839. The molecule has 1 N–H and O–H groups in total. The summed E-state index contributed by atoms with van der Waals surface area (Å²) in [4.78, 5) is 13.8. The Morgan fingerprint density at radius 1 is 1.41 bits per heavy atom. The third-order valence-corrected chi connectivity index (χ3v) is 3.14. The molecule has 0 aliphatic carbocycles. The summed E-state index contributed by atoms with van der Waals surface area (Å²) in [5.74, 6) is -0.162. The Morgan fingerprint density at radius 2 is 2.12 bits per heavy atom. The number of halogens is 1. The van der Waals surface area contributed by atoms with Crippen LogP contribution in [0.1, 0.15) is 19.8 Å². The smallest absolute Gasteiger partial charge is 0.242 e. The summed E-state index contributed by atoms with van der Waals surface area (Å²) in [6.07, 6.45) is 2.49. The number of hydrogen-bond donors (Lipinski definition) is 1. The number of alkyl halides is 1. The zero-order valence-electron chi connectivity index (χ0n) is 9.95. The number of anilines is 2. The van der Waals surface area contributed by atoms with Gasteiger partial charge in [0.1, 0.15) is 5.38 Å². The van der Waals surface area contributed by atoms with E-state index in [1.54, 1.807) is 6.92 Å². The molecule has 1 unspecified atom stereocenters. The van der Waals surface area contributed by atoms with Gasteiger partial charge < -0.3 is 10.2 Å². The van der Waals surface area contributed by atoms with Crippen molar-refractivity contribution in [2.75, 3.05) is 23.3 Å². The van der Waals surface area contributed by atoms with E-state index in [1.165, 1.54) is 18.5 Å². The predicted molar refractivity (Wildman–Crippen MR) is 71.8 cm³/mol. The maximum Gasteiger partial charge on any atom is 0.242 e. The van der Waals surface area contributed by atoms with Gasteiger partial charge in [-0.15, -0.1) is 11.6 Å². The van der Waals surface area contributed by atoms with E-state index in [0.717, 1.165) is 18.8 Å². The molecule has 1 fully saturated rings. The first-order chi connectivity index (χ1) is 8.16. The molecule has 0 spiro atoms. The van der Waals surface area contributed by atoms with Crippen molar-refractivity contribution in [1.29, 1.82) is 0 Å². The van der Waals surface area contributed by atoms with Gasteiger partial charge in [0.25, 0.3) is 0 Å². The maximum absolute atomic E-state index is 11.5. The average Bonchev–Trinajstić information content (AvgIpc) is 2.82. The minimum absolute atomic E-state index is 0.162. The zero-order valence-corrected chi connectivity index (χ0v) is 10.7. The number of hydrogen-bond acceptors (Lipinski definition) is 2. The number of nitrogens with zero attached hydrogens (tertiary/aromatic N) is 1. The standard InChI is InChI=1S/C13H17ClN2O/c1-10(14)13(17)15-11-5-4-6-12(9-11)16-7-2-3-8-16/h4-6,9-10H,2-3,7-8H2,1H3,(H,15,17). The Bertz CT molecular complexity index is 400. The number of benzene rings is 1. The number of carbonyl (C=O) groups excluding carboxylic acids is 1. The normalized spacial score (nSPS) is 16.9. The lowest BCUT2D eigenvalue weighted by Gasteiger charge is -2.18. The molecule has 1 heterocycles. The third kappa shape index (κ3) is 3.13. The first-order valence-corrected chi connectivity index (χ1v) is 6.40. The second-order valence-electron chi connectivity index (χ2n) is 4.35. The molecular formula is C13H17ClN2O. The van der Waals surface area contributed by atoms with E-state index in [9.17, 15) is 4.79 Å². The van der Waals surface area contributed by atoms with Crippen LogP contribution in [-0.2, 0) is 4.79 Å². The molecule has 1 amide bonds. The highest BCUT2D eigenvalue weighted by Crippen LogP contribution is 2.23. The van der Waals surface area contributed by atoms with Gasteiger partial charge in [-0.1, -0.05) is 6.07 Å². The van der Waals surface area contributed by atoms with Gasteiger partial charge in [0.05, 0.1) is 0 Å². The van der Waals surface area contributed by atoms with Gasteiger partial charge >= 0.3 is 0 Å². The summed E-state index contributed by atoms with van der Waals surface area (Å²) < 4.78 is 0. The van der Waals surface area contributed by atoms with E-state index in [0.29, 0.717) is 0 Å². The van der Waals surface area contributed by atoms with E-state index >= 15 is 0 Å². The van der Waals surface area contributed by atoms with Gasteiger partial charge in [-0.3, -0.25) is 4.79 Å². The van der Waals surface area contributed by atoms with Crippen molar-refractivity contribution in [3.63, 3.8) is 0 Å². The fourth-order valence-electron chi connectivity index (χ4n) is 2.00. The first kappa shape index (κ1) is 12.2. The molecule has 2 rings (SSSR count). The molecule has 1 atom stereocenters. The highest BCUT2D eigenvalue weighted by molar-refractivity contribution is 6.32. The van der Waals surface area contributed by atoms with Gasteiger partial charge in [-0.25, -0.2) is 0 Å². The summed E-state index contributed by atoms with van der Waals surface area (Å²) in [6, 6.07) is 7.92. The lowest BCUT2D eigenvalue weighted by Crippen LogP contribution is -2.21. The zero-order chi connectivity index (χ0) is 12.3. The Balaban J connectivity index is 2.08. The fraction of sp³-hybridized carbons (Fsp3) is 0.462. The van der Waals surface area contributed by atoms with Gasteiger partial charge in [-0.05, 0) is 38.0 Å². The van der Waals surface area contributed by atoms with Crippen LogP contribution in [-0.4, -0.2) is 24.4 Å². The Kier molecular flexibility index (Phi) is 3.89. The second kappa shape index (κ2) is 5.41. The SMILES string of the molecule is CC(Cl)C(=O)Nc1cccc(N2CCCC2)c1. The predicted octanol–water partition coefficient (Wildman–Crippen LogP) is 2.85. The first-order valence-electron chi connectivity index (χ1n) is 5.97. The van der Waals surface area contributed by atoms with E-state index in [4.69, 9.17) is 11.6 Å². The largest absolute Gasteiger partial charge is 0.371 e. The number of rotatable bonds is 3. The molecule has 0 aromatic heterocycles. The van der Waals surface area contributed by atoms with Crippen molar-refractivity contribution in [2.45, 2.75) is 25.1 Å². The summed E-state index contributed by atoms with van der Waals surface area (Å²) in [5, 5.41) is 2.30. The molecule has 92 valence electrons. The highest BCUT2D eigenvalue weighted by atomic mass is 35.5. The van der Waals surface area contributed by atoms with Crippen molar-refractivity contribution in [2.24, 2.45) is 0 Å². The lowest BCUT2D eigenvalue weighted by molar-refractivity contribution is -0.115. The molecule has 17 heavy (non-hydrogen) atoms. The molecule has 1 saturated heterocycles. The highest BCUT2D eigenvalue weighted by Gasteiger charge is 2.13. The Labute approximate surface area is 107 Å². The van der Waals surface area contributed by atoms with Gasteiger partial charge in [0.2, 0.25) is 5.91 Å². The van der Waals surface area contributed by atoms with Crippen LogP contribution in [0.5, 0.6) is 0 Å². The topological polar surface area (TPSA) is 32.3 Å². The van der Waals surface area contributed by atoms with Gasteiger partial charge in [0, 0.05) is 24.5 Å². The van der Waals surface area contributed by atoms with Crippen molar-refractivity contribution in [3.8, 4) is 0 Å². The molecule has 0 saturated carbocycles. The molecule has 4 heteroatoms. The molecule has 1 aromatic rings. The lowest BCUT2D eigenvalue weighted by atomic mass is 10.2. The van der Waals surface area contributed by atoms with E-state index in [-0.39, 0.29) is 5.91 Å². The van der Waals surface area contributed by atoms with Crippen LogP contribution in [0.2, 0.25) is 0 Å². The summed E-state index contributed by atoms with van der Waals surface area (Å²) in [5.41, 5.74) is 1.98. The molecule has 0 bridgehead atoms. The summed E-state index contributed by atoms with van der Waals surface area (Å²) in [7, 11) is 0. The molecule has 1 aromatic carbocycles. The van der Waals surface area contributed by atoms with Crippen molar-refractivity contribution in [1.82, 2.24) is 0 Å². The van der Waals surface area contributed by atoms with Crippen molar-refractivity contribution >= 4 is 28.9 Å². The minimum Gasteiger partial charge on any atom is -0.371 e. The van der Waals surface area contributed by atoms with Crippen molar-refractivity contribution in [3.05, 3.63) is 24.3 Å². The molecule has 1 aliphatic rings. The number of carbonyl (C=O) groups is 1. The van der Waals surface area contributed by atoms with Crippen LogP contribution in [0, 0.1) is 0 Å². The summed E-state index contributed by atoms with van der Waals surface area (Å²) >= 11 is 5.72. The number of nitrogens with one attached hydrogen (secondary N) is 1. The monoisotopic (exact) mass is 252 g/mol.